The van der Waals surface area contributed by atoms with Crippen LogP contribution in [0.1, 0.15) is 45.9 Å². The lowest BCUT2D eigenvalue weighted by atomic mass is 10.2. The number of rotatable bonds is 11. The molecule has 6 nitrogen and oxygen atoms in total. The highest BCUT2D eigenvalue weighted by Crippen LogP contribution is 2.18. The summed E-state index contributed by atoms with van der Waals surface area (Å²) in [6, 6.07) is 7.97. The van der Waals surface area contributed by atoms with Crippen LogP contribution in [0.15, 0.2) is 36.4 Å². The molecule has 1 aromatic carbocycles. The van der Waals surface area contributed by atoms with Crippen molar-refractivity contribution in [3.63, 3.8) is 0 Å². The number of aryl methyl sites for hydroxylation is 1. The van der Waals surface area contributed by atoms with E-state index in [1.54, 1.807) is 6.92 Å². The first-order valence-corrected chi connectivity index (χ1v) is 10.1. The average molecular weight is 385 g/mol. The number of hydrogen-bond acceptors (Lipinski definition) is 3. The molecule has 0 radical (unpaired) electrons. The molecule has 0 aliphatic rings. The molecule has 152 valence electrons. The minimum Gasteiger partial charge on any atom is -0.352 e. The number of fused-ring (bicyclic) bond motifs is 1. The molecule has 0 aliphatic carbocycles. The van der Waals surface area contributed by atoms with Gasteiger partial charge < -0.3 is 14.8 Å². The fourth-order valence-corrected chi connectivity index (χ4v) is 3.24. The van der Waals surface area contributed by atoms with E-state index in [0.717, 1.165) is 42.5 Å². The molecule has 6 heteroatoms. The maximum Gasteiger partial charge on any atom is 0.246 e. The van der Waals surface area contributed by atoms with Gasteiger partial charge >= 0.3 is 0 Å². The zero-order valence-corrected chi connectivity index (χ0v) is 17.3. The van der Waals surface area contributed by atoms with Gasteiger partial charge in [0.05, 0.1) is 11.0 Å². The normalized spacial score (nSPS) is 10.8. The van der Waals surface area contributed by atoms with Crippen molar-refractivity contribution in [2.75, 3.05) is 19.6 Å². The van der Waals surface area contributed by atoms with Gasteiger partial charge in [-0.25, -0.2) is 4.98 Å². The van der Waals surface area contributed by atoms with Gasteiger partial charge in [0, 0.05) is 31.6 Å². The van der Waals surface area contributed by atoms with Crippen molar-refractivity contribution in [2.45, 2.75) is 53.0 Å². The SMILES string of the molecule is C=C(C)C(=O)NCCCCCc1nc2ccccc2n1CC(=O)N(CC)CC. The summed E-state index contributed by atoms with van der Waals surface area (Å²) in [5.41, 5.74) is 2.47. The number of nitrogens with one attached hydrogen (secondary N) is 1. The van der Waals surface area contributed by atoms with Gasteiger partial charge in [-0.05, 0) is 45.7 Å². The Kier molecular flexibility index (Phi) is 8.23. The van der Waals surface area contributed by atoms with Crippen LogP contribution in [0.4, 0.5) is 0 Å². The predicted octanol–water partition coefficient (Wildman–Crippen LogP) is 3.31. The molecule has 2 rings (SSSR count). The Morgan fingerprint density at radius 3 is 2.54 bits per heavy atom. The van der Waals surface area contributed by atoms with Crippen LogP contribution in [0.25, 0.3) is 11.0 Å². The van der Waals surface area contributed by atoms with Crippen molar-refractivity contribution in [2.24, 2.45) is 0 Å². The molecular formula is C22H32N4O2. The van der Waals surface area contributed by atoms with Crippen molar-refractivity contribution < 1.29 is 9.59 Å². The zero-order valence-electron chi connectivity index (χ0n) is 17.3. The first kappa shape index (κ1) is 21.7. The molecule has 2 amide bonds. The van der Waals surface area contributed by atoms with Crippen molar-refractivity contribution in [3.05, 3.63) is 42.2 Å². The summed E-state index contributed by atoms with van der Waals surface area (Å²) in [6.45, 7) is 11.8. The minimum absolute atomic E-state index is 0.0864. The third-order valence-corrected chi connectivity index (χ3v) is 4.89. The van der Waals surface area contributed by atoms with Crippen molar-refractivity contribution in [3.8, 4) is 0 Å². The second-order valence-electron chi connectivity index (χ2n) is 7.02. The Balaban J connectivity index is 1.98. The van der Waals surface area contributed by atoms with Crippen LogP contribution in [0.5, 0.6) is 0 Å². The van der Waals surface area contributed by atoms with Crippen molar-refractivity contribution in [1.29, 1.82) is 0 Å². The Hall–Kier alpha value is -2.63. The number of nitrogens with zero attached hydrogens (tertiary/aromatic N) is 3. The maximum atomic E-state index is 12.6. The van der Waals surface area contributed by atoms with E-state index in [0.29, 0.717) is 31.8 Å². The molecule has 2 aromatic rings. The number of aromatic nitrogens is 2. The highest BCUT2D eigenvalue weighted by Gasteiger charge is 2.16. The second kappa shape index (κ2) is 10.6. The summed E-state index contributed by atoms with van der Waals surface area (Å²) >= 11 is 0. The van der Waals surface area contributed by atoms with Gasteiger partial charge in [-0.15, -0.1) is 0 Å². The highest BCUT2D eigenvalue weighted by molar-refractivity contribution is 5.92. The van der Waals surface area contributed by atoms with Crippen LogP contribution < -0.4 is 5.32 Å². The molecular weight excluding hydrogens is 352 g/mol. The van der Waals surface area contributed by atoms with Gasteiger partial charge in [0.1, 0.15) is 12.4 Å². The average Bonchev–Trinajstić information content (AvgIpc) is 3.02. The minimum atomic E-state index is -0.0864. The monoisotopic (exact) mass is 384 g/mol. The first-order chi connectivity index (χ1) is 13.5. The van der Waals surface area contributed by atoms with Gasteiger partial charge in [-0.1, -0.05) is 25.1 Å². The van der Waals surface area contributed by atoms with E-state index in [9.17, 15) is 9.59 Å². The summed E-state index contributed by atoms with van der Waals surface area (Å²) in [4.78, 5) is 30.7. The Morgan fingerprint density at radius 2 is 1.86 bits per heavy atom. The number of benzene rings is 1. The van der Waals surface area contributed by atoms with E-state index in [1.165, 1.54) is 0 Å². The summed E-state index contributed by atoms with van der Waals surface area (Å²) in [7, 11) is 0. The molecule has 0 unspecified atom stereocenters. The van der Waals surface area contributed by atoms with Gasteiger partial charge in [-0.2, -0.15) is 0 Å². The number of hydrogen-bond donors (Lipinski definition) is 1. The molecule has 0 spiro atoms. The summed E-state index contributed by atoms with van der Waals surface area (Å²) in [6.07, 6.45) is 3.68. The number of amides is 2. The molecule has 0 bridgehead atoms. The quantitative estimate of drug-likeness (QED) is 0.477. The van der Waals surface area contributed by atoms with Crippen LogP contribution in [-0.2, 0) is 22.6 Å². The van der Waals surface area contributed by atoms with E-state index < -0.39 is 0 Å². The zero-order chi connectivity index (χ0) is 20.5. The van der Waals surface area contributed by atoms with Gasteiger partial charge in [0.15, 0.2) is 0 Å². The largest absolute Gasteiger partial charge is 0.352 e. The smallest absolute Gasteiger partial charge is 0.246 e. The number of imidazole rings is 1. The molecule has 1 aromatic heterocycles. The summed E-state index contributed by atoms with van der Waals surface area (Å²) in [5, 5.41) is 2.86. The predicted molar refractivity (Wildman–Crippen MR) is 113 cm³/mol. The standard InChI is InChI=1S/C22H32N4O2/c1-5-25(6-2)21(27)16-26-19-13-10-9-12-18(19)24-20(26)14-8-7-11-15-23-22(28)17(3)4/h9-10,12-13H,3,5-8,11,14-16H2,1-2,4H3,(H,23,28). The van der Waals surface area contributed by atoms with Crippen LogP contribution >= 0.6 is 0 Å². The van der Waals surface area contributed by atoms with Crippen LogP contribution in [0.2, 0.25) is 0 Å². The Labute approximate surface area is 167 Å². The number of para-hydroxylation sites is 2. The van der Waals surface area contributed by atoms with Crippen molar-refractivity contribution >= 4 is 22.8 Å². The van der Waals surface area contributed by atoms with Crippen LogP contribution in [0, 0.1) is 0 Å². The lowest BCUT2D eigenvalue weighted by Crippen LogP contribution is -2.33. The molecule has 0 fully saturated rings. The third kappa shape index (κ3) is 5.68. The molecule has 0 aliphatic heterocycles. The first-order valence-electron chi connectivity index (χ1n) is 10.1. The second-order valence-corrected chi connectivity index (χ2v) is 7.02. The lowest BCUT2D eigenvalue weighted by Gasteiger charge is -2.20. The summed E-state index contributed by atoms with van der Waals surface area (Å²) in [5.74, 6) is 0.987. The highest BCUT2D eigenvalue weighted by atomic mass is 16.2. The molecule has 1 heterocycles. The lowest BCUT2D eigenvalue weighted by molar-refractivity contribution is -0.131. The topological polar surface area (TPSA) is 67.2 Å². The third-order valence-electron chi connectivity index (χ3n) is 4.89. The molecule has 28 heavy (non-hydrogen) atoms. The van der Waals surface area contributed by atoms with E-state index >= 15 is 0 Å². The number of carbonyl (C=O) groups is 2. The summed E-state index contributed by atoms with van der Waals surface area (Å²) < 4.78 is 2.05. The van der Waals surface area contributed by atoms with Gasteiger partial charge in [-0.3, -0.25) is 9.59 Å². The molecule has 1 N–H and O–H groups in total. The van der Waals surface area contributed by atoms with E-state index in [4.69, 9.17) is 4.98 Å². The number of carbonyl (C=O) groups excluding carboxylic acids is 2. The number of likely N-dealkylation sites (N-methyl/N-ethyl adjacent to an activating group) is 1. The maximum absolute atomic E-state index is 12.6. The van der Waals surface area contributed by atoms with Crippen LogP contribution in [-0.4, -0.2) is 45.9 Å². The van der Waals surface area contributed by atoms with Gasteiger partial charge in [0.25, 0.3) is 0 Å². The Morgan fingerprint density at radius 1 is 1.14 bits per heavy atom. The van der Waals surface area contributed by atoms with E-state index in [1.807, 2.05) is 43.0 Å². The van der Waals surface area contributed by atoms with Crippen LogP contribution in [0.3, 0.4) is 0 Å². The van der Waals surface area contributed by atoms with E-state index in [2.05, 4.69) is 16.5 Å². The fraction of sp³-hybridized carbons (Fsp3) is 0.500. The molecule has 0 saturated carbocycles. The molecule has 0 atom stereocenters. The fourth-order valence-electron chi connectivity index (χ4n) is 3.24. The molecule has 0 saturated heterocycles. The van der Waals surface area contributed by atoms with Crippen molar-refractivity contribution in [1.82, 2.24) is 19.8 Å². The number of unbranched alkanes of at least 4 members (excludes halogenated alkanes) is 2. The van der Waals surface area contributed by atoms with E-state index in [-0.39, 0.29) is 11.8 Å². The van der Waals surface area contributed by atoms with Gasteiger partial charge in [0.2, 0.25) is 11.8 Å². The Bertz CT molecular complexity index is 821.